The molecule has 0 aromatic carbocycles. The lowest BCUT2D eigenvalue weighted by atomic mass is 9.82. The zero-order valence-corrected chi connectivity index (χ0v) is 13.7. The van der Waals surface area contributed by atoms with Crippen LogP contribution in [-0.4, -0.2) is 48.6 Å². The molecule has 2 amide bonds. The first-order valence-electron chi connectivity index (χ1n) is 7.23. The van der Waals surface area contributed by atoms with E-state index in [9.17, 15) is 9.59 Å². The van der Waals surface area contributed by atoms with Crippen LogP contribution in [0, 0.1) is 11.3 Å². The molecule has 116 valence electrons. The zero-order chi connectivity index (χ0) is 15.7. The van der Waals surface area contributed by atoms with Gasteiger partial charge in [-0.25, -0.2) is 0 Å². The van der Waals surface area contributed by atoms with Crippen LogP contribution >= 0.6 is 0 Å². The van der Waals surface area contributed by atoms with E-state index in [-0.39, 0.29) is 29.3 Å². The average Bonchev–Trinajstić information content (AvgIpc) is 2.31. The van der Waals surface area contributed by atoms with Gasteiger partial charge in [0.1, 0.15) is 12.1 Å². The molecule has 0 aromatic rings. The summed E-state index contributed by atoms with van der Waals surface area (Å²) >= 11 is 0. The van der Waals surface area contributed by atoms with Crippen molar-refractivity contribution in [2.45, 2.75) is 59.7 Å². The first-order chi connectivity index (χ1) is 9.09. The molecule has 1 heterocycles. The number of rotatable bonds is 4. The van der Waals surface area contributed by atoms with E-state index in [0.29, 0.717) is 6.54 Å². The van der Waals surface area contributed by atoms with Crippen LogP contribution in [0.25, 0.3) is 0 Å². The summed E-state index contributed by atoms with van der Waals surface area (Å²) in [4.78, 5) is 26.8. The Kier molecular flexibility index (Phi) is 5.19. The molecule has 1 aliphatic rings. The third kappa shape index (κ3) is 3.51. The summed E-state index contributed by atoms with van der Waals surface area (Å²) in [7, 11) is 1.62. The molecule has 0 aromatic heterocycles. The van der Waals surface area contributed by atoms with Crippen molar-refractivity contribution in [2.24, 2.45) is 11.3 Å². The zero-order valence-electron chi connectivity index (χ0n) is 13.7. The topological polar surface area (TPSA) is 58.6 Å². The number of nitrogens with zero attached hydrogens (tertiary/aromatic N) is 1. The van der Waals surface area contributed by atoms with Crippen molar-refractivity contribution in [1.82, 2.24) is 10.2 Å². The van der Waals surface area contributed by atoms with E-state index in [4.69, 9.17) is 4.74 Å². The van der Waals surface area contributed by atoms with E-state index in [1.54, 1.807) is 12.0 Å². The van der Waals surface area contributed by atoms with E-state index < -0.39 is 12.1 Å². The third-order valence-electron chi connectivity index (χ3n) is 3.77. The molecule has 1 N–H and O–H groups in total. The highest BCUT2D eigenvalue weighted by Crippen LogP contribution is 2.27. The summed E-state index contributed by atoms with van der Waals surface area (Å²) < 4.78 is 5.26. The van der Waals surface area contributed by atoms with Crippen molar-refractivity contribution in [3.63, 3.8) is 0 Å². The third-order valence-corrected chi connectivity index (χ3v) is 3.77. The predicted molar refractivity (Wildman–Crippen MR) is 78.2 cm³/mol. The number of hydrogen-bond acceptors (Lipinski definition) is 3. The van der Waals surface area contributed by atoms with Crippen molar-refractivity contribution >= 4 is 11.8 Å². The van der Waals surface area contributed by atoms with Crippen LogP contribution in [0.15, 0.2) is 0 Å². The molecule has 1 rings (SSSR count). The predicted octanol–water partition coefficient (Wildman–Crippen LogP) is 1.42. The summed E-state index contributed by atoms with van der Waals surface area (Å²) in [6, 6.07) is -0.896. The lowest BCUT2D eigenvalue weighted by Gasteiger charge is -2.45. The number of carbonyl (C=O) groups is 2. The Labute approximate surface area is 122 Å². The Morgan fingerprint density at radius 3 is 2.20 bits per heavy atom. The van der Waals surface area contributed by atoms with Gasteiger partial charge in [-0.05, 0) is 18.3 Å². The summed E-state index contributed by atoms with van der Waals surface area (Å²) in [6.45, 7) is 12.1. The minimum absolute atomic E-state index is 0.0142. The van der Waals surface area contributed by atoms with Crippen molar-refractivity contribution < 1.29 is 14.3 Å². The Balaban J connectivity index is 3.07. The molecule has 3 atom stereocenters. The number of methoxy groups -OCH3 is 1. The molecule has 1 fully saturated rings. The molecule has 5 nitrogen and oxygen atoms in total. The molecule has 0 saturated carbocycles. The first-order valence-corrected chi connectivity index (χ1v) is 7.23. The maximum Gasteiger partial charge on any atom is 0.246 e. The minimum Gasteiger partial charge on any atom is -0.380 e. The minimum atomic E-state index is -0.478. The van der Waals surface area contributed by atoms with E-state index in [2.05, 4.69) is 5.32 Å². The number of piperazine rings is 1. The smallest absolute Gasteiger partial charge is 0.246 e. The molecule has 0 spiro atoms. The number of nitrogens with one attached hydrogen (secondary N) is 1. The Hall–Kier alpha value is -1.10. The summed E-state index contributed by atoms with van der Waals surface area (Å²) in [5.74, 6) is -0.00791. The van der Waals surface area contributed by atoms with E-state index in [1.807, 2.05) is 41.5 Å². The second-order valence-electron chi connectivity index (χ2n) is 7.03. The Morgan fingerprint density at radius 2 is 1.80 bits per heavy atom. The highest BCUT2D eigenvalue weighted by Gasteiger charge is 2.46. The van der Waals surface area contributed by atoms with Crippen molar-refractivity contribution in [3.8, 4) is 0 Å². The second-order valence-corrected chi connectivity index (χ2v) is 7.03. The van der Waals surface area contributed by atoms with Gasteiger partial charge in [0.15, 0.2) is 0 Å². The standard InChI is InChI=1S/C15H28N2O3/c1-9(2)11-13(18)16-12(15(4,5)6)14(19)17(11)8-10(3)20-7/h9-12H,8H2,1-7H3,(H,16,18). The Morgan fingerprint density at radius 1 is 1.25 bits per heavy atom. The lowest BCUT2D eigenvalue weighted by Crippen LogP contribution is -2.68. The maximum absolute atomic E-state index is 12.7. The van der Waals surface area contributed by atoms with Gasteiger partial charge in [-0.15, -0.1) is 0 Å². The number of carbonyl (C=O) groups excluding carboxylic acids is 2. The fourth-order valence-electron chi connectivity index (χ4n) is 2.54. The lowest BCUT2D eigenvalue weighted by molar-refractivity contribution is -0.156. The van der Waals surface area contributed by atoms with Crippen LogP contribution in [0.2, 0.25) is 0 Å². The average molecular weight is 284 g/mol. The SMILES string of the molecule is COC(C)CN1C(=O)C(C(C)(C)C)NC(=O)C1C(C)C. The normalized spacial score (nSPS) is 25.9. The van der Waals surface area contributed by atoms with Crippen LogP contribution in [0.4, 0.5) is 0 Å². The monoisotopic (exact) mass is 284 g/mol. The van der Waals surface area contributed by atoms with Crippen molar-refractivity contribution in [3.05, 3.63) is 0 Å². The fourth-order valence-corrected chi connectivity index (χ4v) is 2.54. The van der Waals surface area contributed by atoms with Gasteiger partial charge in [0, 0.05) is 13.7 Å². The molecule has 0 aliphatic carbocycles. The van der Waals surface area contributed by atoms with E-state index in [1.165, 1.54) is 0 Å². The summed E-state index contributed by atoms with van der Waals surface area (Å²) in [5, 5.41) is 2.89. The molecule has 3 unspecified atom stereocenters. The molecule has 1 saturated heterocycles. The highest BCUT2D eigenvalue weighted by atomic mass is 16.5. The van der Waals surface area contributed by atoms with Gasteiger partial charge in [-0.1, -0.05) is 34.6 Å². The number of amides is 2. The van der Waals surface area contributed by atoms with Crippen LogP contribution in [-0.2, 0) is 14.3 Å². The number of hydrogen-bond donors (Lipinski definition) is 1. The molecule has 20 heavy (non-hydrogen) atoms. The van der Waals surface area contributed by atoms with Crippen molar-refractivity contribution in [1.29, 1.82) is 0 Å². The molecule has 1 aliphatic heterocycles. The molecule has 0 radical (unpaired) electrons. The van der Waals surface area contributed by atoms with Gasteiger partial charge in [0.05, 0.1) is 6.10 Å². The quantitative estimate of drug-likeness (QED) is 0.849. The van der Waals surface area contributed by atoms with E-state index in [0.717, 1.165) is 0 Å². The van der Waals surface area contributed by atoms with Gasteiger partial charge in [-0.2, -0.15) is 0 Å². The molecule has 5 heteroatoms. The van der Waals surface area contributed by atoms with Gasteiger partial charge >= 0.3 is 0 Å². The first kappa shape index (κ1) is 17.0. The van der Waals surface area contributed by atoms with Gasteiger partial charge in [0.2, 0.25) is 11.8 Å². The van der Waals surface area contributed by atoms with Crippen LogP contribution in [0.3, 0.4) is 0 Å². The number of ether oxygens (including phenoxy) is 1. The Bertz CT molecular complexity index is 374. The van der Waals surface area contributed by atoms with Crippen LogP contribution < -0.4 is 5.32 Å². The maximum atomic E-state index is 12.7. The van der Waals surface area contributed by atoms with Crippen molar-refractivity contribution in [2.75, 3.05) is 13.7 Å². The van der Waals surface area contributed by atoms with Gasteiger partial charge in [0.25, 0.3) is 0 Å². The summed E-state index contributed by atoms with van der Waals surface area (Å²) in [5.41, 5.74) is -0.302. The fraction of sp³-hybridized carbons (Fsp3) is 0.867. The summed E-state index contributed by atoms with van der Waals surface area (Å²) in [6.07, 6.45) is -0.0910. The highest BCUT2D eigenvalue weighted by molar-refractivity contribution is 5.97. The van der Waals surface area contributed by atoms with E-state index >= 15 is 0 Å². The van der Waals surface area contributed by atoms with Gasteiger partial charge < -0.3 is 15.0 Å². The van der Waals surface area contributed by atoms with Crippen LogP contribution in [0.1, 0.15) is 41.5 Å². The van der Waals surface area contributed by atoms with Gasteiger partial charge in [-0.3, -0.25) is 9.59 Å². The second kappa shape index (κ2) is 6.12. The molecular weight excluding hydrogens is 256 g/mol. The molecular formula is C15H28N2O3. The molecule has 0 bridgehead atoms. The largest absolute Gasteiger partial charge is 0.380 e. The van der Waals surface area contributed by atoms with Crippen LogP contribution in [0.5, 0.6) is 0 Å².